The van der Waals surface area contributed by atoms with Crippen molar-refractivity contribution in [2.75, 3.05) is 13.2 Å². The molecule has 3 nitrogen and oxygen atoms in total. The molecule has 1 fully saturated rings. The van der Waals surface area contributed by atoms with Gasteiger partial charge < -0.3 is 14.2 Å². The maximum Gasteiger partial charge on any atom is 0.422 e. The minimum atomic E-state index is -4.97. The molecular formula is C26H30F6O3. The van der Waals surface area contributed by atoms with Gasteiger partial charge in [-0.3, -0.25) is 0 Å². The molecule has 1 aliphatic rings. The van der Waals surface area contributed by atoms with Crippen molar-refractivity contribution in [2.24, 2.45) is 5.92 Å². The van der Waals surface area contributed by atoms with Gasteiger partial charge in [-0.25, -0.2) is 4.39 Å². The van der Waals surface area contributed by atoms with E-state index in [9.17, 15) is 26.3 Å². The van der Waals surface area contributed by atoms with E-state index < -0.39 is 35.3 Å². The van der Waals surface area contributed by atoms with Crippen molar-refractivity contribution >= 4 is 0 Å². The van der Waals surface area contributed by atoms with Gasteiger partial charge in [0.15, 0.2) is 0 Å². The summed E-state index contributed by atoms with van der Waals surface area (Å²) in [6.07, 6.45) is -4.72. The van der Waals surface area contributed by atoms with Crippen LogP contribution >= 0.6 is 0 Å². The smallest absolute Gasteiger partial charge is 0.422 e. The van der Waals surface area contributed by atoms with E-state index in [1.807, 2.05) is 13.8 Å². The molecule has 9 heteroatoms. The van der Waals surface area contributed by atoms with E-state index in [1.54, 1.807) is 0 Å². The highest BCUT2D eigenvalue weighted by molar-refractivity contribution is 5.67. The number of unbranched alkanes of at least 4 members (excludes halogenated alkanes) is 1. The van der Waals surface area contributed by atoms with Crippen LogP contribution in [0.1, 0.15) is 57.9 Å². The van der Waals surface area contributed by atoms with E-state index in [-0.39, 0.29) is 42.6 Å². The van der Waals surface area contributed by atoms with E-state index in [2.05, 4.69) is 0 Å². The lowest BCUT2D eigenvalue weighted by Crippen LogP contribution is -2.41. The Bertz CT molecular complexity index is 951. The van der Waals surface area contributed by atoms with Gasteiger partial charge in [0.25, 0.3) is 0 Å². The second-order valence-corrected chi connectivity index (χ2v) is 8.71. The number of halogens is 6. The SMILES string of the molecule is CCCCOc1ccc(-c2ccc(OC(F)(F)C3CCC(CCC)OC3)cc2)c(F)c1C(F)(F)F. The first-order valence-corrected chi connectivity index (χ1v) is 11.9. The van der Waals surface area contributed by atoms with Gasteiger partial charge in [0, 0.05) is 5.56 Å². The molecular weight excluding hydrogens is 474 g/mol. The summed E-state index contributed by atoms with van der Waals surface area (Å²) in [6.45, 7) is 3.77. The predicted molar refractivity (Wildman–Crippen MR) is 120 cm³/mol. The Morgan fingerprint density at radius 1 is 0.943 bits per heavy atom. The number of alkyl halides is 5. The van der Waals surface area contributed by atoms with E-state index in [4.69, 9.17) is 14.2 Å². The number of rotatable bonds is 10. The van der Waals surface area contributed by atoms with Crippen molar-refractivity contribution in [3.63, 3.8) is 0 Å². The standard InChI is InChI=1S/C26H30F6O3/c1-3-5-15-33-22-14-13-21(24(27)23(22)25(28,29)30)17-7-10-20(11-8-17)35-26(31,32)18-9-12-19(6-4-2)34-16-18/h7-8,10-11,13-14,18-19H,3-6,9,12,15-16H2,1-2H3. The summed E-state index contributed by atoms with van der Waals surface area (Å²) in [5.74, 6) is -3.35. The third kappa shape index (κ3) is 6.84. The van der Waals surface area contributed by atoms with Gasteiger partial charge in [-0.2, -0.15) is 22.0 Å². The van der Waals surface area contributed by atoms with Crippen molar-refractivity contribution in [1.29, 1.82) is 0 Å². The van der Waals surface area contributed by atoms with Crippen LogP contribution in [-0.4, -0.2) is 25.4 Å². The number of hydrogen-bond acceptors (Lipinski definition) is 3. The predicted octanol–water partition coefficient (Wildman–Crippen LogP) is 8.26. The molecule has 0 bridgehead atoms. The van der Waals surface area contributed by atoms with Crippen LogP contribution in [0, 0.1) is 11.7 Å². The van der Waals surface area contributed by atoms with Crippen LogP contribution in [0.2, 0.25) is 0 Å². The summed E-state index contributed by atoms with van der Waals surface area (Å²) in [4.78, 5) is 0. The molecule has 2 unspecified atom stereocenters. The fourth-order valence-corrected chi connectivity index (χ4v) is 4.06. The van der Waals surface area contributed by atoms with Gasteiger partial charge in [-0.05, 0) is 55.5 Å². The van der Waals surface area contributed by atoms with E-state index in [0.717, 1.165) is 18.9 Å². The fourth-order valence-electron chi connectivity index (χ4n) is 4.06. The van der Waals surface area contributed by atoms with Gasteiger partial charge in [0.1, 0.15) is 22.9 Å². The van der Waals surface area contributed by atoms with Crippen LogP contribution in [-0.2, 0) is 10.9 Å². The fraction of sp³-hybridized carbons (Fsp3) is 0.538. The van der Waals surface area contributed by atoms with Gasteiger partial charge in [-0.15, -0.1) is 0 Å². The molecule has 0 radical (unpaired) electrons. The molecule has 2 aromatic carbocycles. The molecule has 1 heterocycles. The molecule has 0 amide bonds. The maximum absolute atomic E-state index is 15.0. The van der Waals surface area contributed by atoms with Crippen LogP contribution in [0.25, 0.3) is 11.1 Å². The van der Waals surface area contributed by atoms with Gasteiger partial charge in [-0.1, -0.05) is 38.8 Å². The number of ether oxygens (including phenoxy) is 3. The molecule has 1 aliphatic heterocycles. The Morgan fingerprint density at radius 3 is 2.23 bits per heavy atom. The minimum Gasteiger partial charge on any atom is -0.493 e. The van der Waals surface area contributed by atoms with Gasteiger partial charge in [0.2, 0.25) is 0 Å². The lowest BCUT2D eigenvalue weighted by Gasteiger charge is -2.33. The van der Waals surface area contributed by atoms with Crippen molar-refractivity contribution in [1.82, 2.24) is 0 Å². The lowest BCUT2D eigenvalue weighted by atomic mass is 9.95. The first-order valence-electron chi connectivity index (χ1n) is 11.9. The highest BCUT2D eigenvalue weighted by atomic mass is 19.4. The Hall–Kier alpha value is -2.42. The molecule has 0 spiro atoms. The Morgan fingerprint density at radius 2 is 1.66 bits per heavy atom. The lowest BCUT2D eigenvalue weighted by molar-refractivity contribution is -0.241. The minimum absolute atomic E-state index is 0.0220. The molecule has 0 aliphatic carbocycles. The summed E-state index contributed by atoms with van der Waals surface area (Å²) in [6, 6.07) is 7.12. The zero-order chi connectivity index (χ0) is 25.6. The molecule has 2 atom stereocenters. The Labute approximate surface area is 201 Å². The van der Waals surface area contributed by atoms with Crippen LogP contribution in [0.4, 0.5) is 26.3 Å². The quantitative estimate of drug-likeness (QED) is 0.241. The van der Waals surface area contributed by atoms with Gasteiger partial charge >= 0.3 is 12.3 Å². The van der Waals surface area contributed by atoms with Crippen molar-refractivity contribution in [3.05, 3.63) is 47.8 Å². The van der Waals surface area contributed by atoms with E-state index in [1.165, 1.54) is 30.3 Å². The number of hydrogen-bond donors (Lipinski definition) is 0. The third-order valence-electron chi connectivity index (χ3n) is 6.02. The van der Waals surface area contributed by atoms with Crippen LogP contribution in [0.3, 0.4) is 0 Å². The highest BCUT2D eigenvalue weighted by Crippen LogP contribution is 2.42. The average Bonchev–Trinajstić information content (AvgIpc) is 2.79. The first kappa shape index (κ1) is 27.2. The summed E-state index contributed by atoms with van der Waals surface area (Å²) >= 11 is 0. The van der Waals surface area contributed by atoms with E-state index >= 15 is 0 Å². The second-order valence-electron chi connectivity index (χ2n) is 8.71. The van der Waals surface area contributed by atoms with Crippen LogP contribution in [0.15, 0.2) is 36.4 Å². The van der Waals surface area contributed by atoms with Crippen molar-refractivity contribution in [3.8, 4) is 22.6 Å². The van der Waals surface area contributed by atoms with Crippen LogP contribution in [0.5, 0.6) is 11.5 Å². The maximum atomic E-state index is 15.0. The monoisotopic (exact) mass is 504 g/mol. The summed E-state index contributed by atoms with van der Waals surface area (Å²) < 4.78 is 101. The normalized spacial score (nSPS) is 19.0. The van der Waals surface area contributed by atoms with Crippen molar-refractivity contribution < 1.29 is 40.6 Å². The zero-order valence-corrected chi connectivity index (χ0v) is 19.8. The summed E-state index contributed by atoms with van der Waals surface area (Å²) in [5, 5.41) is 0. The first-order chi connectivity index (χ1) is 16.6. The van der Waals surface area contributed by atoms with Gasteiger partial charge in [0.05, 0.1) is 25.2 Å². The molecule has 2 aromatic rings. The molecule has 0 aromatic heterocycles. The second kappa shape index (κ2) is 11.5. The summed E-state index contributed by atoms with van der Waals surface area (Å²) in [5.41, 5.74) is -1.72. The average molecular weight is 505 g/mol. The zero-order valence-electron chi connectivity index (χ0n) is 19.8. The molecule has 1 saturated heterocycles. The molecule has 3 rings (SSSR count). The molecule has 0 saturated carbocycles. The topological polar surface area (TPSA) is 27.7 Å². The Kier molecular flexibility index (Phi) is 8.96. The largest absolute Gasteiger partial charge is 0.493 e. The molecule has 0 N–H and O–H groups in total. The van der Waals surface area contributed by atoms with E-state index in [0.29, 0.717) is 19.3 Å². The molecule has 35 heavy (non-hydrogen) atoms. The third-order valence-corrected chi connectivity index (χ3v) is 6.02. The highest BCUT2D eigenvalue weighted by Gasteiger charge is 2.44. The van der Waals surface area contributed by atoms with Crippen LogP contribution < -0.4 is 9.47 Å². The summed E-state index contributed by atoms with van der Waals surface area (Å²) in [7, 11) is 0. The number of benzene rings is 2. The Balaban J connectivity index is 1.76. The molecule has 194 valence electrons. The van der Waals surface area contributed by atoms with Crippen molar-refractivity contribution in [2.45, 2.75) is 70.8 Å².